The molecule has 2 saturated heterocycles. The summed E-state index contributed by atoms with van der Waals surface area (Å²) in [5.74, 6) is 0.216. The number of H-pyrrole nitrogens is 1. The summed E-state index contributed by atoms with van der Waals surface area (Å²) >= 11 is 0. The van der Waals surface area contributed by atoms with Gasteiger partial charge in [0.05, 0.1) is 12.6 Å². The molecule has 2 fully saturated rings. The molecule has 3 heterocycles. The topological polar surface area (TPSA) is 60.2 Å². The number of fused-ring (bicyclic) bond motifs is 1. The van der Waals surface area contributed by atoms with Crippen LogP contribution in [0.4, 0.5) is 0 Å². The first-order valence-electron chi connectivity index (χ1n) is 9.33. The number of nitrogens with zero attached hydrogens (tertiary/aromatic N) is 1. The zero-order chi connectivity index (χ0) is 17.4. The Balaban J connectivity index is 1.44. The maximum Gasteiger partial charge on any atom is 0.239 e. The molecule has 3 N–H and O–H groups in total. The third-order valence-corrected chi connectivity index (χ3v) is 6.16. The van der Waals surface area contributed by atoms with Crippen molar-refractivity contribution in [2.45, 2.75) is 38.8 Å². The molecule has 1 atom stereocenters. The number of rotatable bonds is 3. The summed E-state index contributed by atoms with van der Waals surface area (Å²) in [6.07, 6.45) is 3.33. The van der Waals surface area contributed by atoms with Gasteiger partial charge in [-0.25, -0.2) is 0 Å². The van der Waals surface area contributed by atoms with Crippen molar-refractivity contribution < 1.29 is 4.79 Å². The lowest BCUT2D eigenvalue weighted by atomic mass is 9.77. The van der Waals surface area contributed by atoms with Gasteiger partial charge in [0.25, 0.3) is 0 Å². The molecule has 0 bridgehead atoms. The maximum absolute atomic E-state index is 12.9. The molecule has 0 saturated carbocycles. The predicted octanol–water partition coefficient (Wildman–Crippen LogP) is 2.17. The molecule has 0 radical (unpaired) electrons. The molecule has 134 valence electrons. The molecule has 5 heteroatoms. The van der Waals surface area contributed by atoms with Crippen LogP contribution in [-0.2, 0) is 11.3 Å². The highest BCUT2D eigenvalue weighted by atomic mass is 16.2. The van der Waals surface area contributed by atoms with E-state index in [0.717, 1.165) is 37.3 Å². The van der Waals surface area contributed by atoms with Gasteiger partial charge < -0.3 is 20.5 Å². The number of hydrogen-bond acceptors (Lipinski definition) is 3. The number of aromatic amines is 1. The largest absolute Gasteiger partial charge is 0.357 e. The standard InChI is InChI=1S/C20H28N4O/c1-14-15-5-3-4-6-16(15)23-18(14)12-24(2)19(25)17-11-20(13-22-17)7-9-21-10-8-20/h3-6,17,21-23H,7-13H2,1-2H3/t17-/m1/s1. The number of carbonyl (C=O) groups is 1. The van der Waals surface area contributed by atoms with Gasteiger partial charge >= 0.3 is 0 Å². The summed E-state index contributed by atoms with van der Waals surface area (Å²) in [5.41, 5.74) is 3.84. The Bertz CT molecular complexity index is 775. The fraction of sp³-hybridized carbons (Fsp3) is 0.550. The maximum atomic E-state index is 12.9. The molecule has 4 rings (SSSR count). The Morgan fingerprint density at radius 2 is 2.04 bits per heavy atom. The highest BCUT2D eigenvalue weighted by Gasteiger charge is 2.42. The first kappa shape index (κ1) is 16.6. The molecule has 1 spiro atoms. The Morgan fingerprint density at radius 1 is 1.28 bits per heavy atom. The van der Waals surface area contributed by atoms with E-state index >= 15 is 0 Å². The second-order valence-corrected chi connectivity index (χ2v) is 7.86. The van der Waals surface area contributed by atoms with Crippen molar-refractivity contribution >= 4 is 16.8 Å². The minimum absolute atomic E-state index is 0.0345. The number of hydrogen-bond donors (Lipinski definition) is 3. The van der Waals surface area contributed by atoms with Crippen LogP contribution in [0.5, 0.6) is 0 Å². The summed E-state index contributed by atoms with van der Waals surface area (Å²) in [4.78, 5) is 18.3. The van der Waals surface area contributed by atoms with E-state index in [2.05, 4.69) is 40.7 Å². The quantitative estimate of drug-likeness (QED) is 0.802. The molecule has 25 heavy (non-hydrogen) atoms. The monoisotopic (exact) mass is 340 g/mol. The van der Waals surface area contributed by atoms with Gasteiger partial charge in [0, 0.05) is 30.2 Å². The van der Waals surface area contributed by atoms with Gasteiger partial charge in [-0.1, -0.05) is 18.2 Å². The van der Waals surface area contributed by atoms with Crippen molar-refractivity contribution in [3.63, 3.8) is 0 Å². The van der Waals surface area contributed by atoms with Crippen LogP contribution in [0.1, 0.15) is 30.5 Å². The number of aryl methyl sites for hydroxylation is 1. The molecule has 1 aromatic carbocycles. The van der Waals surface area contributed by atoms with E-state index < -0.39 is 0 Å². The van der Waals surface area contributed by atoms with E-state index in [1.54, 1.807) is 0 Å². The van der Waals surface area contributed by atoms with Crippen LogP contribution in [0.25, 0.3) is 10.9 Å². The highest BCUT2D eigenvalue weighted by Crippen LogP contribution is 2.37. The highest BCUT2D eigenvalue weighted by molar-refractivity contribution is 5.85. The average molecular weight is 340 g/mol. The third kappa shape index (κ3) is 3.07. The first-order valence-corrected chi connectivity index (χ1v) is 9.33. The lowest BCUT2D eigenvalue weighted by Gasteiger charge is -2.33. The van der Waals surface area contributed by atoms with Crippen molar-refractivity contribution in [3.05, 3.63) is 35.5 Å². The van der Waals surface area contributed by atoms with Crippen LogP contribution in [-0.4, -0.2) is 48.5 Å². The van der Waals surface area contributed by atoms with Crippen molar-refractivity contribution in [1.29, 1.82) is 0 Å². The zero-order valence-electron chi connectivity index (χ0n) is 15.2. The van der Waals surface area contributed by atoms with E-state index in [0.29, 0.717) is 12.0 Å². The molecule has 2 aliphatic rings. The lowest BCUT2D eigenvalue weighted by molar-refractivity contribution is -0.132. The van der Waals surface area contributed by atoms with E-state index in [4.69, 9.17) is 0 Å². The number of benzene rings is 1. The van der Waals surface area contributed by atoms with Gasteiger partial charge in [0.2, 0.25) is 5.91 Å². The van der Waals surface area contributed by atoms with Gasteiger partial charge in [-0.15, -0.1) is 0 Å². The number of nitrogens with one attached hydrogen (secondary N) is 3. The molecule has 1 amide bonds. The summed E-state index contributed by atoms with van der Waals surface area (Å²) in [5, 5.41) is 8.16. The number of aromatic nitrogens is 1. The van der Waals surface area contributed by atoms with E-state index in [1.165, 1.54) is 23.8 Å². The molecule has 2 aliphatic heterocycles. The molecule has 1 aromatic heterocycles. The normalized spacial score (nSPS) is 22.6. The Morgan fingerprint density at radius 3 is 2.80 bits per heavy atom. The fourth-order valence-corrected chi connectivity index (χ4v) is 4.51. The summed E-state index contributed by atoms with van der Waals surface area (Å²) in [7, 11) is 1.92. The smallest absolute Gasteiger partial charge is 0.239 e. The lowest BCUT2D eigenvalue weighted by Crippen LogP contribution is -2.41. The molecule has 5 nitrogen and oxygen atoms in total. The molecular weight excluding hydrogens is 312 g/mol. The van der Waals surface area contributed by atoms with Crippen LogP contribution in [0, 0.1) is 12.3 Å². The summed E-state index contributed by atoms with van der Waals surface area (Å²) in [6, 6.07) is 8.28. The first-order chi connectivity index (χ1) is 12.1. The van der Waals surface area contributed by atoms with Crippen LogP contribution < -0.4 is 10.6 Å². The Labute approximate surface area is 149 Å². The van der Waals surface area contributed by atoms with E-state index in [1.807, 2.05) is 18.0 Å². The van der Waals surface area contributed by atoms with Crippen LogP contribution in [0.15, 0.2) is 24.3 Å². The van der Waals surface area contributed by atoms with Crippen molar-refractivity contribution in [3.8, 4) is 0 Å². The summed E-state index contributed by atoms with van der Waals surface area (Å²) < 4.78 is 0. The molecule has 0 aliphatic carbocycles. The van der Waals surface area contributed by atoms with E-state index in [-0.39, 0.29) is 11.9 Å². The second kappa shape index (κ2) is 6.46. The minimum atomic E-state index is -0.0345. The second-order valence-electron chi connectivity index (χ2n) is 7.86. The number of para-hydroxylation sites is 1. The SMILES string of the molecule is Cc1c(CN(C)C(=O)[C@H]2CC3(CCNCC3)CN2)[nH]c2ccccc12. The van der Waals surface area contributed by atoms with Crippen LogP contribution in [0.2, 0.25) is 0 Å². The Kier molecular flexibility index (Phi) is 4.29. The van der Waals surface area contributed by atoms with Crippen LogP contribution in [0.3, 0.4) is 0 Å². The molecule has 0 unspecified atom stereocenters. The Hall–Kier alpha value is -1.85. The van der Waals surface area contributed by atoms with Crippen molar-refractivity contribution in [2.75, 3.05) is 26.7 Å². The van der Waals surface area contributed by atoms with E-state index in [9.17, 15) is 4.79 Å². The number of likely N-dealkylation sites (N-methyl/N-ethyl adjacent to an activating group) is 1. The number of amides is 1. The van der Waals surface area contributed by atoms with Gasteiger partial charge in [0.15, 0.2) is 0 Å². The fourth-order valence-electron chi connectivity index (χ4n) is 4.51. The van der Waals surface area contributed by atoms with Gasteiger partial charge in [0.1, 0.15) is 0 Å². The van der Waals surface area contributed by atoms with Crippen molar-refractivity contribution in [2.24, 2.45) is 5.41 Å². The average Bonchev–Trinajstić information content (AvgIpc) is 3.17. The summed E-state index contributed by atoms with van der Waals surface area (Å²) in [6.45, 7) is 5.89. The zero-order valence-corrected chi connectivity index (χ0v) is 15.2. The van der Waals surface area contributed by atoms with Crippen LogP contribution >= 0.6 is 0 Å². The number of piperidine rings is 1. The van der Waals surface area contributed by atoms with Gasteiger partial charge in [-0.05, 0) is 56.3 Å². The molecule has 2 aromatic rings. The van der Waals surface area contributed by atoms with Gasteiger partial charge in [-0.2, -0.15) is 0 Å². The minimum Gasteiger partial charge on any atom is -0.357 e. The third-order valence-electron chi connectivity index (χ3n) is 6.16. The molecular formula is C20H28N4O. The van der Waals surface area contributed by atoms with Gasteiger partial charge in [-0.3, -0.25) is 4.79 Å². The predicted molar refractivity (Wildman–Crippen MR) is 100 cm³/mol. The van der Waals surface area contributed by atoms with Crippen molar-refractivity contribution in [1.82, 2.24) is 20.5 Å². The number of carbonyl (C=O) groups excluding carboxylic acids is 1.